The number of pyridine rings is 2. The number of aryl methyl sites for hydroxylation is 3. The van der Waals surface area contributed by atoms with Crippen LogP contribution in [0.25, 0.3) is 32.9 Å². The lowest BCUT2D eigenvalue weighted by atomic mass is 9.87. The number of aliphatic carboxylic acids is 1. The first-order chi connectivity index (χ1) is 31.4. The predicted octanol–water partition coefficient (Wildman–Crippen LogP) is 10.5. The van der Waals surface area contributed by atoms with Gasteiger partial charge in [0, 0.05) is 56.4 Å². The standard InChI is InChI=1S/C31H29FN2O4.C21H19BrFNO3/c32-23-13-15-24(16-14-23)34-25(8-2-4-11-29(35)36)19-22-18-21(12-17-27(22)31(34)38)30(37)33-28-10-5-7-20-6-1-3-9-26(20)28;1-27-20(25)5-3-2-4-18-13-14-12-15(22)6-11-19(14)21(26)24(18)17-9-7-16(23)8-10-17/h1,3,6,9,12-19,28H,2,4-5,7-8,10-11H2,(H,33,37)(H,35,36);6-13H,2-5H2,1H3/t28-;/m1./s1. The number of hydrogen-bond acceptors (Lipinski definition) is 6. The van der Waals surface area contributed by atoms with Crippen molar-refractivity contribution in [2.75, 3.05) is 7.11 Å². The summed E-state index contributed by atoms with van der Waals surface area (Å²) in [4.78, 5) is 62.2. The quantitative estimate of drug-likeness (QED) is 0.0818. The van der Waals surface area contributed by atoms with E-state index in [0.717, 1.165) is 46.8 Å². The Kier molecular flexibility index (Phi) is 15.2. The molecule has 8 rings (SSSR count). The third-order valence-electron chi connectivity index (χ3n) is 11.6. The van der Waals surface area contributed by atoms with Gasteiger partial charge in [0.1, 0.15) is 11.6 Å². The van der Waals surface area contributed by atoms with Gasteiger partial charge in [-0.15, -0.1) is 0 Å². The maximum Gasteiger partial charge on any atom is 0.305 e. The average molecular weight is 945 g/mol. The van der Waals surface area contributed by atoms with E-state index in [1.807, 2.05) is 36.4 Å². The van der Waals surface area contributed by atoms with E-state index in [1.54, 1.807) is 57.7 Å². The number of nitrogens with one attached hydrogen (secondary N) is 1. The van der Waals surface area contributed by atoms with Gasteiger partial charge in [0.25, 0.3) is 17.0 Å². The van der Waals surface area contributed by atoms with Crippen LogP contribution >= 0.6 is 15.9 Å². The first kappa shape index (κ1) is 46.3. The molecule has 7 aromatic rings. The van der Waals surface area contributed by atoms with Crippen molar-refractivity contribution in [3.05, 3.63) is 186 Å². The van der Waals surface area contributed by atoms with Crippen molar-refractivity contribution in [1.29, 1.82) is 0 Å². The zero-order valence-corrected chi connectivity index (χ0v) is 37.4. The summed E-state index contributed by atoms with van der Waals surface area (Å²) >= 11 is 3.44. The molecule has 2 heterocycles. The monoisotopic (exact) mass is 943 g/mol. The lowest BCUT2D eigenvalue weighted by Crippen LogP contribution is -2.31. The second-order valence-electron chi connectivity index (χ2n) is 16.0. The number of ether oxygens (including phenoxy) is 1. The van der Waals surface area contributed by atoms with Gasteiger partial charge in [0.15, 0.2) is 0 Å². The van der Waals surface area contributed by atoms with Crippen LogP contribution in [0.4, 0.5) is 8.78 Å². The maximum absolute atomic E-state index is 13.6. The molecule has 334 valence electrons. The van der Waals surface area contributed by atoms with E-state index in [-0.39, 0.29) is 41.3 Å². The molecule has 0 unspecified atom stereocenters. The first-order valence-corrected chi connectivity index (χ1v) is 22.4. The van der Waals surface area contributed by atoms with Crippen LogP contribution in [0.5, 0.6) is 0 Å². The molecule has 5 aromatic carbocycles. The van der Waals surface area contributed by atoms with Crippen molar-refractivity contribution < 1.29 is 33.0 Å². The number of methoxy groups -OCH3 is 1. The zero-order valence-electron chi connectivity index (χ0n) is 35.8. The van der Waals surface area contributed by atoms with E-state index in [0.29, 0.717) is 77.3 Å². The van der Waals surface area contributed by atoms with Gasteiger partial charge in [-0.2, -0.15) is 0 Å². The number of aromatic nitrogens is 2. The molecule has 13 heteroatoms. The van der Waals surface area contributed by atoms with E-state index >= 15 is 0 Å². The van der Waals surface area contributed by atoms with Crippen LogP contribution in [-0.2, 0) is 33.6 Å². The molecular weight excluding hydrogens is 896 g/mol. The van der Waals surface area contributed by atoms with E-state index in [4.69, 9.17) is 5.11 Å². The van der Waals surface area contributed by atoms with Crippen molar-refractivity contribution in [3.8, 4) is 11.4 Å². The number of amides is 1. The Bertz CT molecular complexity index is 2990. The SMILES string of the molecule is COC(=O)CCCCc1cc2cc(Br)ccc2c(=O)n1-c1ccc(F)cc1.O=C(O)CCCCc1cc2cc(C(=O)N[C@@H]3CCCc4ccccc43)ccc2c(=O)n1-c1ccc(F)cc1. The fourth-order valence-corrected chi connectivity index (χ4v) is 8.75. The number of halogens is 3. The Balaban J connectivity index is 0.000000206. The molecule has 1 atom stereocenters. The summed E-state index contributed by atoms with van der Waals surface area (Å²) in [6.45, 7) is 0. The van der Waals surface area contributed by atoms with Crippen molar-refractivity contribution in [3.63, 3.8) is 0 Å². The Labute approximate surface area is 382 Å². The van der Waals surface area contributed by atoms with E-state index in [1.165, 1.54) is 36.9 Å². The number of nitrogens with zero attached hydrogens (tertiary/aromatic N) is 2. The number of hydrogen-bond donors (Lipinski definition) is 2. The molecule has 2 N–H and O–H groups in total. The minimum Gasteiger partial charge on any atom is -0.481 e. The highest BCUT2D eigenvalue weighted by Gasteiger charge is 2.23. The highest BCUT2D eigenvalue weighted by Crippen LogP contribution is 2.30. The molecule has 2 aromatic heterocycles. The smallest absolute Gasteiger partial charge is 0.305 e. The number of rotatable bonds is 14. The van der Waals surface area contributed by atoms with Crippen molar-refractivity contribution in [1.82, 2.24) is 14.5 Å². The Morgan fingerprint density at radius 2 is 1.26 bits per heavy atom. The minimum absolute atomic E-state index is 0.0446. The van der Waals surface area contributed by atoms with Gasteiger partial charge in [-0.3, -0.25) is 33.1 Å². The van der Waals surface area contributed by atoms with Gasteiger partial charge < -0.3 is 15.2 Å². The average Bonchev–Trinajstić information content (AvgIpc) is 3.30. The Morgan fingerprint density at radius 1 is 0.708 bits per heavy atom. The largest absolute Gasteiger partial charge is 0.481 e. The number of unbranched alkanes of at least 4 members (excludes halogenated alkanes) is 2. The number of benzene rings is 5. The molecule has 0 radical (unpaired) electrons. The summed E-state index contributed by atoms with van der Waals surface area (Å²) in [5.74, 6) is -2.05. The van der Waals surface area contributed by atoms with Crippen LogP contribution in [-0.4, -0.2) is 39.2 Å². The summed E-state index contributed by atoms with van der Waals surface area (Å²) in [7, 11) is 1.37. The molecule has 0 bridgehead atoms. The van der Waals surface area contributed by atoms with Gasteiger partial charge in [-0.1, -0.05) is 40.2 Å². The summed E-state index contributed by atoms with van der Waals surface area (Å²) in [5.41, 5.74) is 5.12. The first-order valence-electron chi connectivity index (χ1n) is 21.6. The molecule has 10 nitrogen and oxygen atoms in total. The summed E-state index contributed by atoms with van der Waals surface area (Å²) in [6, 6.07) is 34.1. The Morgan fingerprint density at radius 3 is 1.85 bits per heavy atom. The second kappa shape index (κ2) is 21.3. The van der Waals surface area contributed by atoms with Crippen LogP contribution in [0.15, 0.2) is 135 Å². The highest BCUT2D eigenvalue weighted by molar-refractivity contribution is 9.10. The number of esters is 1. The number of fused-ring (bicyclic) bond motifs is 3. The molecule has 0 spiro atoms. The van der Waals surface area contributed by atoms with Gasteiger partial charge in [0.2, 0.25) is 0 Å². The van der Waals surface area contributed by atoms with Gasteiger partial charge in [0.05, 0.1) is 13.2 Å². The summed E-state index contributed by atoms with van der Waals surface area (Å²) in [5, 5.41) is 14.7. The fourth-order valence-electron chi connectivity index (χ4n) is 8.38. The van der Waals surface area contributed by atoms with E-state index in [9.17, 15) is 32.8 Å². The normalized spacial score (nSPS) is 13.1. The summed E-state index contributed by atoms with van der Waals surface area (Å²) < 4.78 is 35.6. The number of carbonyl (C=O) groups is 3. The topological polar surface area (TPSA) is 137 Å². The van der Waals surface area contributed by atoms with Gasteiger partial charge in [-0.05, 0) is 177 Å². The van der Waals surface area contributed by atoms with Crippen molar-refractivity contribution in [2.45, 2.75) is 76.7 Å². The number of carbonyl (C=O) groups excluding carboxylic acids is 2. The lowest BCUT2D eigenvalue weighted by Gasteiger charge is -2.26. The second-order valence-corrected chi connectivity index (χ2v) is 17.0. The van der Waals surface area contributed by atoms with E-state index in [2.05, 4.69) is 38.1 Å². The third kappa shape index (κ3) is 11.3. The third-order valence-corrected chi connectivity index (χ3v) is 12.1. The maximum atomic E-state index is 13.6. The van der Waals surface area contributed by atoms with Crippen LogP contribution < -0.4 is 16.4 Å². The number of carboxylic acid groups (broad SMARTS) is 1. The molecule has 0 fully saturated rings. The summed E-state index contributed by atoms with van der Waals surface area (Å²) in [6.07, 6.45) is 6.80. The molecule has 0 saturated heterocycles. The van der Waals surface area contributed by atoms with Gasteiger partial charge >= 0.3 is 11.9 Å². The van der Waals surface area contributed by atoms with Crippen molar-refractivity contribution in [2.24, 2.45) is 0 Å². The van der Waals surface area contributed by atoms with E-state index < -0.39 is 11.8 Å². The van der Waals surface area contributed by atoms with Gasteiger partial charge in [-0.25, -0.2) is 8.78 Å². The fraction of sp³-hybridized carbons (Fsp3) is 0.250. The lowest BCUT2D eigenvalue weighted by molar-refractivity contribution is -0.141. The predicted molar refractivity (Wildman–Crippen MR) is 251 cm³/mol. The molecule has 0 saturated carbocycles. The molecule has 65 heavy (non-hydrogen) atoms. The van der Waals surface area contributed by atoms with Crippen LogP contribution in [0.2, 0.25) is 0 Å². The molecular formula is C52H48BrF2N3O7. The minimum atomic E-state index is -0.865. The molecule has 0 aliphatic heterocycles. The highest BCUT2D eigenvalue weighted by atomic mass is 79.9. The molecule has 1 aliphatic carbocycles. The molecule has 1 aliphatic rings. The van der Waals surface area contributed by atoms with Crippen LogP contribution in [0, 0.1) is 11.6 Å². The van der Waals surface area contributed by atoms with Crippen LogP contribution in [0.3, 0.4) is 0 Å². The molecule has 1 amide bonds. The van der Waals surface area contributed by atoms with Crippen LogP contribution in [0.1, 0.15) is 90.3 Å². The Hall–Kier alpha value is -6.73. The zero-order chi connectivity index (χ0) is 46.0. The van der Waals surface area contributed by atoms with Crippen molar-refractivity contribution >= 4 is 55.3 Å². The number of carboxylic acids is 1.